The molecule has 2 N–H and O–H groups in total. The number of carbonyl (C=O) groups excluding carboxylic acids is 1. The minimum Gasteiger partial charge on any atom is -0.493 e. The van der Waals surface area contributed by atoms with Crippen molar-refractivity contribution in [3.05, 3.63) is 17.7 Å². The van der Waals surface area contributed by atoms with Crippen molar-refractivity contribution in [2.45, 2.75) is 0 Å². The fraction of sp³-hybridized carbons (Fsp3) is 0.111. The number of nitrogens with zero attached hydrogens (tertiary/aromatic N) is 1. The number of fused-ring (bicyclic) bond motifs is 1. The van der Waals surface area contributed by atoms with Gasteiger partial charge in [0.1, 0.15) is 11.8 Å². The third-order valence-corrected chi connectivity index (χ3v) is 1.85. The predicted molar refractivity (Wildman–Crippen MR) is 50.4 cm³/mol. The third kappa shape index (κ3) is 1.19. The Hall–Kier alpha value is -2.04. The summed E-state index contributed by atoms with van der Waals surface area (Å²) in [6.45, 7) is 0. The first-order valence-electron chi connectivity index (χ1n) is 3.94. The minimum atomic E-state index is 0.0568. The van der Waals surface area contributed by atoms with E-state index in [1.54, 1.807) is 12.1 Å². The second-order valence-electron chi connectivity index (χ2n) is 2.74. The van der Waals surface area contributed by atoms with E-state index in [4.69, 9.17) is 14.9 Å². The van der Waals surface area contributed by atoms with Crippen LogP contribution in [0.5, 0.6) is 5.75 Å². The first-order valence-corrected chi connectivity index (χ1v) is 3.94. The van der Waals surface area contributed by atoms with Crippen molar-refractivity contribution < 1.29 is 13.9 Å². The number of hydrogen-bond acceptors (Lipinski definition) is 5. The molecular weight excluding hydrogens is 184 g/mol. The Labute approximate surface area is 79.5 Å². The number of methoxy groups -OCH3 is 1. The van der Waals surface area contributed by atoms with Gasteiger partial charge in [-0.25, -0.2) is 0 Å². The fourth-order valence-corrected chi connectivity index (χ4v) is 1.26. The minimum absolute atomic E-state index is 0.0568. The molecule has 0 aliphatic heterocycles. The molecule has 0 unspecified atom stereocenters. The lowest BCUT2D eigenvalue weighted by atomic mass is 10.2. The Morgan fingerprint density at radius 3 is 3.00 bits per heavy atom. The molecule has 1 aromatic heterocycles. The van der Waals surface area contributed by atoms with Crippen molar-refractivity contribution >= 4 is 23.4 Å². The van der Waals surface area contributed by atoms with Gasteiger partial charge in [-0.1, -0.05) is 0 Å². The molecular formula is C9H8N2O3. The number of anilines is 1. The van der Waals surface area contributed by atoms with E-state index in [9.17, 15) is 4.79 Å². The van der Waals surface area contributed by atoms with Crippen molar-refractivity contribution in [1.29, 1.82) is 0 Å². The Bertz CT molecular complexity index is 490. The van der Waals surface area contributed by atoms with Crippen LogP contribution in [0.15, 0.2) is 16.5 Å². The Balaban J connectivity index is 2.78. The predicted octanol–water partition coefficient (Wildman–Crippen LogP) is 1.23. The summed E-state index contributed by atoms with van der Waals surface area (Å²) in [5, 5.41) is 0. The van der Waals surface area contributed by atoms with E-state index in [1.807, 2.05) is 0 Å². The number of aldehydes is 1. The summed E-state index contributed by atoms with van der Waals surface area (Å²) in [4.78, 5) is 14.5. The lowest BCUT2D eigenvalue weighted by Gasteiger charge is -1.99. The molecule has 0 amide bonds. The molecule has 0 spiro atoms. The highest BCUT2D eigenvalue weighted by molar-refractivity contribution is 5.88. The molecule has 2 rings (SSSR count). The number of ether oxygens (including phenoxy) is 1. The Morgan fingerprint density at radius 1 is 1.57 bits per heavy atom. The number of oxazole rings is 1. The van der Waals surface area contributed by atoms with Crippen molar-refractivity contribution in [2.24, 2.45) is 0 Å². The van der Waals surface area contributed by atoms with Crippen molar-refractivity contribution in [1.82, 2.24) is 4.98 Å². The van der Waals surface area contributed by atoms with E-state index >= 15 is 0 Å². The van der Waals surface area contributed by atoms with E-state index in [0.29, 0.717) is 28.7 Å². The van der Waals surface area contributed by atoms with Crippen molar-refractivity contribution in [3.63, 3.8) is 0 Å². The average molecular weight is 192 g/mol. The van der Waals surface area contributed by atoms with Gasteiger partial charge in [0.15, 0.2) is 11.3 Å². The van der Waals surface area contributed by atoms with Crippen LogP contribution in [0.3, 0.4) is 0 Å². The van der Waals surface area contributed by atoms with Gasteiger partial charge in [0.25, 0.3) is 6.01 Å². The van der Waals surface area contributed by atoms with E-state index < -0.39 is 0 Å². The van der Waals surface area contributed by atoms with Gasteiger partial charge in [0.05, 0.1) is 7.11 Å². The van der Waals surface area contributed by atoms with Crippen LogP contribution in [0, 0.1) is 0 Å². The first kappa shape index (κ1) is 8.55. The van der Waals surface area contributed by atoms with Crippen LogP contribution in [0.4, 0.5) is 6.01 Å². The molecule has 14 heavy (non-hydrogen) atoms. The van der Waals surface area contributed by atoms with Crippen LogP contribution in [0.1, 0.15) is 10.4 Å². The summed E-state index contributed by atoms with van der Waals surface area (Å²) in [5.74, 6) is 0.453. The van der Waals surface area contributed by atoms with E-state index in [1.165, 1.54) is 7.11 Å². The Kier molecular flexibility index (Phi) is 1.85. The van der Waals surface area contributed by atoms with Gasteiger partial charge in [-0.05, 0) is 12.1 Å². The molecule has 72 valence electrons. The summed E-state index contributed by atoms with van der Waals surface area (Å²) >= 11 is 0. The molecule has 0 fully saturated rings. The molecule has 1 heterocycles. The zero-order chi connectivity index (χ0) is 10.1. The van der Waals surface area contributed by atoms with Crippen LogP contribution >= 0.6 is 0 Å². The number of aromatic nitrogens is 1. The highest BCUT2D eigenvalue weighted by atomic mass is 16.5. The lowest BCUT2D eigenvalue weighted by Crippen LogP contribution is -1.87. The summed E-state index contributed by atoms with van der Waals surface area (Å²) in [5.41, 5.74) is 6.83. The zero-order valence-electron chi connectivity index (χ0n) is 7.48. The average Bonchev–Trinajstić information content (AvgIpc) is 2.56. The molecule has 0 radical (unpaired) electrons. The van der Waals surface area contributed by atoms with Crippen molar-refractivity contribution in [2.75, 3.05) is 12.8 Å². The topological polar surface area (TPSA) is 78.3 Å². The summed E-state index contributed by atoms with van der Waals surface area (Å²) < 4.78 is 10.2. The van der Waals surface area contributed by atoms with E-state index in [0.717, 1.165) is 0 Å². The largest absolute Gasteiger partial charge is 0.493 e. The van der Waals surface area contributed by atoms with Gasteiger partial charge in [-0.2, -0.15) is 4.98 Å². The van der Waals surface area contributed by atoms with Crippen LogP contribution in [-0.2, 0) is 0 Å². The van der Waals surface area contributed by atoms with Gasteiger partial charge in [0, 0.05) is 5.56 Å². The van der Waals surface area contributed by atoms with Crippen LogP contribution in [-0.4, -0.2) is 18.4 Å². The van der Waals surface area contributed by atoms with Gasteiger partial charge < -0.3 is 14.9 Å². The maximum atomic E-state index is 10.6. The monoisotopic (exact) mass is 192 g/mol. The molecule has 2 aromatic rings. The number of nitrogen functional groups attached to an aromatic ring is 1. The van der Waals surface area contributed by atoms with E-state index in [-0.39, 0.29) is 6.01 Å². The lowest BCUT2D eigenvalue weighted by molar-refractivity contribution is 0.112. The van der Waals surface area contributed by atoms with Gasteiger partial charge in [0.2, 0.25) is 0 Å². The second-order valence-corrected chi connectivity index (χ2v) is 2.74. The highest BCUT2D eigenvalue weighted by Crippen LogP contribution is 2.28. The molecule has 5 heteroatoms. The van der Waals surface area contributed by atoms with E-state index in [2.05, 4.69) is 4.98 Å². The number of carbonyl (C=O) groups is 1. The number of nitrogens with two attached hydrogens (primary N) is 1. The molecule has 0 bridgehead atoms. The molecule has 0 saturated carbocycles. The third-order valence-electron chi connectivity index (χ3n) is 1.85. The molecule has 5 nitrogen and oxygen atoms in total. The standard InChI is InChI=1S/C9H8N2O3/c1-13-7-3-5(4-12)2-6-8(7)14-9(10)11-6/h2-4H,1H3,(H2,10,11). The number of benzene rings is 1. The van der Waals surface area contributed by atoms with Crippen molar-refractivity contribution in [3.8, 4) is 5.75 Å². The van der Waals surface area contributed by atoms with Gasteiger partial charge in [-0.15, -0.1) is 0 Å². The number of hydrogen-bond donors (Lipinski definition) is 1. The van der Waals surface area contributed by atoms with Gasteiger partial charge >= 0.3 is 0 Å². The van der Waals surface area contributed by atoms with Gasteiger partial charge in [-0.3, -0.25) is 4.79 Å². The molecule has 1 aromatic carbocycles. The Morgan fingerprint density at radius 2 is 2.36 bits per heavy atom. The summed E-state index contributed by atoms with van der Waals surface area (Å²) in [6.07, 6.45) is 0.715. The fourth-order valence-electron chi connectivity index (χ4n) is 1.26. The quantitative estimate of drug-likeness (QED) is 0.724. The second kappa shape index (κ2) is 3.02. The summed E-state index contributed by atoms with van der Waals surface area (Å²) in [7, 11) is 1.49. The zero-order valence-corrected chi connectivity index (χ0v) is 7.48. The number of rotatable bonds is 2. The molecule has 0 saturated heterocycles. The van der Waals surface area contributed by atoms with Crippen LogP contribution in [0.2, 0.25) is 0 Å². The molecule has 0 aliphatic carbocycles. The SMILES string of the molecule is COc1cc(C=O)cc2nc(N)oc12. The first-order chi connectivity index (χ1) is 6.74. The van der Waals surface area contributed by atoms with Crippen LogP contribution < -0.4 is 10.5 Å². The highest BCUT2D eigenvalue weighted by Gasteiger charge is 2.10. The molecule has 0 atom stereocenters. The normalized spacial score (nSPS) is 10.4. The smallest absolute Gasteiger partial charge is 0.293 e. The summed E-state index contributed by atoms with van der Waals surface area (Å²) in [6, 6.07) is 3.21. The molecule has 0 aliphatic rings. The van der Waals surface area contributed by atoms with Crippen LogP contribution in [0.25, 0.3) is 11.1 Å². The maximum Gasteiger partial charge on any atom is 0.293 e. The maximum absolute atomic E-state index is 10.6.